The van der Waals surface area contributed by atoms with Crippen molar-refractivity contribution >= 4 is 16.0 Å². The Hall–Kier alpha value is -1.07. The van der Waals surface area contributed by atoms with Gasteiger partial charge in [-0.05, 0) is 32.1 Å². The van der Waals surface area contributed by atoms with Crippen LogP contribution >= 0.6 is 0 Å². The summed E-state index contributed by atoms with van der Waals surface area (Å²) < 4.78 is 66.7. The Morgan fingerprint density at radius 3 is 2.41 bits per heavy atom. The number of sulfonamides is 1. The molecular weight excluding hydrogens is 385 g/mol. The van der Waals surface area contributed by atoms with E-state index in [-0.39, 0.29) is 32.0 Å². The molecule has 0 amide bonds. The highest BCUT2D eigenvalue weighted by Crippen LogP contribution is 2.28. The Morgan fingerprint density at radius 2 is 1.89 bits per heavy atom. The number of hydrogen-bond acceptors (Lipinski definition) is 4. The van der Waals surface area contributed by atoms with Crippen LogP contribution in [-0.4, -0.2) is 69.6 Å². The Bertz CT molecular complexity index is 560. The molecule has 0 aromatic heterocycles. The second-order valence-corrected chi connectivity index (χ2v) is 8.75. The average Bonchev–Trinajstić information content (AvgIpc) is 2.57. The zero-order valence-electron chi connectivity index (χ0n) is 16.2. The van der Waals surface area contributed by atoms with E-state index in [4.69, 9.17) is 4.74 Å². The maximum atomic E-state index is 12.6. The summed E-state index contributed by atoms with van der Waals surface area (Å²) in [5.74, 6) is 1.14. The second kappa shape index (κ2) is 11.1. The minimum absolute atomic E-state index is 0.135. The van der Waals surface area contributed by atoms with E-state index in [0.29, 0.717) is 42.5 Å². The lowest BCUT2D eigenvalue weighted by molar-refractivity contribution is -0.0494. The molecule has 0 atom stereocenters. The van der Waals surface area contributed by atoms with E-state index in [9.17, 15) is 21.6 Å². The molecule has 27 heavy (non-hydrogen) atoms. The number of guanidine groups is 1. The molecule has 11 heteroatoms. The van der Waals surface area contributed by atoms with Gasteiger partial charge in [-0.2, -0.15) is 17.5 Å². The normalized spacial score (nSPS) is 18.1. The van der Waals surface area contributed by atoms with Gasteiger partial charge in [0.15, 0.2) is 5.96 Å². The fraction of sp³-hybridized carbons (Fsp3) is 0.938. The van der Waals surface area contributed by atoms with Gasteiger partial charge in [0.1, 0.15) is 0 Å². The fourth-order valence-corrected chi connectivity index (χ4v) is 3.53. The van der Waals surface area contributed by atoms with Crippen LogP contribution in [0.2, 0.25) is 0 Å². The quantitative estimate of drug-likeness (QED) is 0.341. The highest BCUT2D eigenvalue weighted by atomic mass is 32.2. The SMILES string of the molecule is CCNC(=NCCOCCC(C)C)NC1CCN(S(=O)(=O)C(F)(F)F)CC1. The number of nitrogens with zero attached hydrogens (tertiary/aromatic N) is 2. The molecule has 0 aromatic rings. The molecule has 0 aliphatic carbocycles. The molecule has 1 aliphatic heterocycles. The molecule has 0 spiro atoms. The van der Waals surface area contributed by atoms with Gasteiger partial charge in [0.25, 0.3) is 0 Å². The van der Waals surface area contributed by atoms with Gasteiger partial charge in [-0.1, -0.05) is 13.8 Å². The van der Waals surface area contributed by atoms with Crippen molar-refractivity contribution in [2.75, 3.05) is 39.4 Å². The van der Waals surface area contributed by atoms with Gasteiger partial charge in [-0.15, -0.1) is 0 Å². The van der Waals surface area contributed by atoms with Gasteiger partial charge in [0, 0.05) is 32.3 Å². The van der Waals surface area contributed by atoms with E-state index in [0.717, 1.165) is 6.42 Å². The van der Waals surface area contributed by atoms with Crippen LogP contribution in [-0.2, 0) is 14.8 Å². The van der Waals surface area contributed by atoms with Gasteiger partial charge in [0.05, 0.1) is 13.2 Å². The van der Waals surface area contributed by atoms with Crippen molar-refractivity contribution in [3.63, 3.8) is 0 Å². The number of aliphatic imine (C=N–C) groups is 1. The Kier molecular flexibility index (Phi) is 9.82. The van der Waals surface area contributed by atoms with E-state index in [1.807, 2.05) is 6.92 Å². The maximum absolute atomic E-state index is 12.6. The second-order valence-electron chi connectivity index (χ2n) is 6.82. The summed E-state index contributed by atoms with van der Waals surface area (Å²) in [6.07, 6.45) is 1.55. The number of piperidine rings is 1. The van der Waals surface area contributed by atoms with Gasteiger partial charge >= 0.3 is 15.5 Å². The van der Waals surface area contributed by atoms with Crippen LogP contribution in [0.4, 0.5) is 13.2 Å². The highest BCUT2D eigenvalue weighted by Gasteiger charge is 2.50. The standard InChI is InChI=1S/C16H31F3N4O3S/c1-4-20-15(21-8-12-26-11-7-13(2)3)22-14-5-9-23(10-6-14)27(24,25)16(17,18)19/h13-14H,4-12H2,1-3H3,(H2,20,21,22). The molecule has 2 N–H and O–H groups in total. The minimum atomic E-state index is -5.25. The van der Waals surface area contributed by atoms with Crippen LogP contribution < -0.4 is 10.6 Å². The van der Waals surface area contributed by atoms with Crippen molar-refractivity contribution in [2.45, 2.75) is 51.6 Å². The number of ether oxygens (including phenoxy) is 1. The van der Waals surface area contributed by atoms with Crippen LogP contribution in [0.3, 0.4) is 0 Å². The Balaban J connectivity index is 2.45. The molecule has 1 fully saturated rings. The topological polar surface area (TPSA) is 83.0 Å². The van der Waals surface area contributed by atoms with E-state index in [1.54, 1.807) is 0 Å². The first-order valence-corrected chi connectivity index (χ1v) is 10.7. The van der Waals surface area contributed by atoms with E-state index in [2.05, 4.69) is 29.5 Å². The van der Waals surface area contributed by atoms with Crippen LogP contribution in [0.15, 0.2) is 4.99 Å². The molecule has 7 nitrogen and oxygen atoms in total. The highest BCUT2D eigenvalue weighted by molar-refractivity contribution is 7.90. The van der Waals surface area contributed by atoms with Crippen molar-refractivity contribution in [2.24, 2.45) is 10.9 Å². The number of halogens is 3. The maximum Gasteiger partial charge on any atom is 0.511 e. The number of rotatable bonds is 9. The molecule has 0 aromatic carbocycles. The molecule has 1 rings (SSSR count). The summed E-state index contributed by atoms with van der Waals surface area (Å²) >= 11 is 0. The van der Waals surface area contributed by atoms with Crippen LogP contribution in [0.25, 0.3) is 0 Å². The lowest BCUT2D eigenvalue weighted by atomic mass is 10.1. The first kappa shape index (κ1) is 24.0. The molecule has 0 saturated carbocycles. The van der Waals surface area contributed by atoms with E-state index >= 15 is 0 Å². The zero-order valence-corrected chi connectivity index (χ0v) is 17.0. The fourth-order valence-electron chi connectivity index (χ4n) is 2.54. The summed E-state index contributed by atoms with van der Waals surface area (Å²) in [5.41, 5.74) is -5.25. The van der Waals surface area contributed by atoms with E-state index < -0.39 is 15.5 Å². The van der Waals surface area contributed by atoms with Crippen molar-refractivity contribution in [1.29, 1.82) is 0 Å². The van der Waals surface area contributed by atoms with Gasteiger partial charge < -0.3 is 15.4 Å². The lowest BCUT2D eigenvalue weighted by Crippen LogP contribution is -2.51. The zero-order chi connectivity index (χ0) is 20.5. The Labute approximate surface area is 159 Å². The van der Waals surface area contributed by atoms with Gasteiger partial charge in [0.2, 0.25) is 0 Å². The number of alkyl halides is 3. The third-order valence-corrected chi connectivity index (χ3v) is 5.75. The molecule has 1 saturated heterocycles. The average molecular weight is 417 g/mol. The van der Waals surface area contributed by atoms with Crippen molar-refractivity contribution in [3.05, 3.63) is 0 Å². The largest absolute Gasteiger partial charge is 0.511 e. The third kappa shape index (κ3) is 8.22. The van der Waals surface area contributed by atoms with Crippen molar-refractivity contribution in [1.82, 2.24) is 14.9 Å². The van der Waals surface area contributed by atoms with Gasteiger partial charge in [-0.25, -0.2) is 8.42 Å². The molecular formula is C16H31F3N4O3S. The van der Waals surface area contributed by atoms with Crippen molar-refractivity contribution < 1.29 is 26.3 Å². The molecule has 0 unspecified atom stereocenters. The number of hydrogen-bond donors (Lipinski definition) is 2. The summed E-state index contributed by atoms with van der Waals surface area (Å²) in [6.45, 7) is 8.11. The van der Waals surface area contributed by atoms with E-state index in [1.165, 1.54) is 0 Å². The summed E-state index contributed by atoms with van der Waals surface area (Å²) in [4.78, 5) is 4.39. The van der Waals surface area contributed by atoms with Crippen molar-refractivity contribution in [3.8, 4) is 0 Å². The molecule has 0 radical (unpaired) electrons. The minimum Gasteiger partial charge on any atom is -0.380 e. The summed E-state index contributed by atoms with van der Waals surface area (Å²) in [5, 5.41) is 6.23. The summed E-state index contributed by atoms with van der Waals surface area (Å²) in [7, 11) is -5.25. The monoisotopic (exact) mass is 416 g/mol. The predicted octanol–water partition coefficient (Wildman–Crippen LogP) is 1.92. The van der Waals surface area contributed by atoms with Crippen LogP contribution in [0.1, 0.15) is 40.0 Å². The molecule has 1 aliphatic rings. The first-order chi connectivity index (χ1) is 12.6. The van der Waals surface area contributed by atoms with Crippen LogP contribution in [0.5, 0.6) is 0 Å². The molecule has 1 heterocycles. The van der Waals surface area contributed by atoms with Crippen LogP contribution in [0, 0.1) is 5.92 Å². The molecule has 160 valence electrons. The molecule has 0 bridgehead atoms. The predicted molar refractivity (Wildman–Crippen MR) is 99.0 cm³/mol. The first-order valence-electron chi connectivity index (χ1n) is 9.27. The number of nitrogens with one attached hydrogen (secondary N) is 2. The smallest absolute Gasteiger partial charge is 0.380 e. The lowest BCUT2D eigenvalue weighted by Gasteiger charge is -2.32. The summed E-state index contributed by atoms with van der Waals surface area (Å²) in [6, 6.07) is -0.135. The third-order valence-electron chi connectivity index (χ3n) is 4.12. The Morgan fingerprint density at radius 1 is 1.26 bits per heavy atom. The van der Waals surface area contributed by atoms with Gasteiger partial charge in [-0.3, -0.25) is 4.99 Å².